The van der Waals surface area contributed by atoms with Gasteiger partial charge in [0.1, 0.15) is 5.82 Å². The molecule has 3 rings (SSSR count). The summed E-state index contributed by atoms with van der Waals surface area (Å²) in [5.74, 6) is 1.36. The molecule has 1 heterocycles. The average molecular weight is 323 g/mol. The van der Waals surface area contributed by atoms with Crippen LogP contribution < -0.4 is 9.47 Å². The zero-order valence-corrected chi connectivity index (χ0v) is 14.1. The molecule has 0 bridgehead atoms. The lowest BCUT2D eigenvalue weighted by Crippen LogP contribution is -2.51. The molecule has 0 unspecified atom stereocenters. The fourth-order valence-electron chi connectivity index (χ4n) is 3.81. The summed E-state index contributed by atoms with van der Waals surface area (Å²) in [7, 11) is 3.06. The van der Waals surface area contributed by atoms with Crippen LogP contribution in [0.5, 0.6) is 11.5 Å². The first kappa shape index (κ1) is 16.5. The van der Waals surface area contributed by atoms with Gasteiger partial charge >= 0.3 is 0 Å². The van der Waals surface area contributed by atoms with E-state index in [9.17, 15) is 9.50 Å². The molecule has 1 aliphatic heterocycles. The van der Waals surface area contributed by atoms with Gasteiger partial charge in [0.2, 0.25) is 0 Å². The molecule has 2 atom stereocenters. The summed E-state index contributed by atoms with van der Waals surface area (Å²) in [5, 5.41) is 10.8. The van der Waals surface area contributed by atoms with Crippen molar-refractivity contribution in [2.24, 2.45) is 11.8 Å². The number of benzene rings is 1. The zero-order valence-electron chi connectivity index (χ0n) is 14.1. The molecule has 1 aromatic carbocycles. The number of halogens is 1. The SMILES string of the molecule is COc1cc(F)c(CN2CC[C@@](O)(C3CC3)[C@H](C)C2)cc1OC. The van der Waals surface area contributed by atoms with Crippen LogP contribution >= 0.6 is 0 Å². The van der Waals surface area contributed by atoms with Crippen molar-refractivity contribution in [1.29, 1.82) is 0 Å². The van der Waals surface area contributed by atoms with E-state index in [1.807, 2.05) is 0 Å². The monoisotopic (exact) mass is 323 g/mol. The van der Waals surface area contributed by atoms with Gasteiger partial charge in [-0.25, -0.2) is 4.39 Å². The molecule has 5 heteroatoms. The van der Waals surface area contributed by atoms with Crippen LogP contribution in [0.2, 0.25) is 0 Å². The molecule has 23 heavy (non-hydrogen) atoms. The highest BCUT2D eigenvalue weighted by atomic mass is 19.1. The largest absolute Gasteiger partial charge is 0.493 e. The summed E-state index contributed by atoms with van der Waals surface area (Å²) in [6, 6.07) is 3.09. The summed E-state index contributed by atoms with van der Waals surface area (Å²) < 4.78 is 24.7. The van der Waals surface area contributed by atoms with E-state index in [0.29, 0.717) is 29.5 Å². The van der Waals surface area contributed by atoms with E-state index in [1.54, 1.807) is 13.2 Å². The van der Waals surface area contributed by atoms with E-state index < -0.39 is 5.60 Å². The van der Waals surface area contributed by atoms with Gasteiger partial charge in [0.15, 0.2) is 11.5 Å². The van der Waals surface area contributed by atoms with E-state index in [4.69, 9.17) is 9.47 Å². The van der Waals surface area contributed by atoms with Crippen molar-refractivity contribution in [3.63, 3.8) is 0 Å². The molecule has 0 amide bonds. The summed E-state index contributed by atoms with van der Waals surface area (Å²) in [5.41, 5.74) is 0.0822. The van der Waals surface area contributed by atoms with Gasteiger partial charge in [0, 0.05) is 31.3 Å². The third kappa shape index (κ3) is 3.17. The second kappa shape index (κ2) is 6.29. The molecule has 1 aliphatic carbocycles. The highest BCUT2D eigenvalue weighted by Gasteiger charge is 2.49. The summed E-state index contributed by atoms with van der Waals surface area (Å²) >= 11 is 0. The number of likely N-dealkylation sites (tertiary alicyclic amines) is 1. The third-order valence-electron chi connectivity index (χ3n) is 5.44. The minimum atomic E-state index is -0.521. The molecule has 2 fully saturated rings. The van der Waals surface area contributed by atoms with E-state index >= 15 is 0 Å². The van der Waals surface area contributed by atoms with E-state index in [0.717, 1.165) is 32.4 Å². The number of aliphatic hydroxyl groups is 1. The second-order valence-electron chi connectivity index (χ2n) is 6.95. The Labute approximate surface area is 137 Å². The Bertz CT molecular complexity index is 576. The Morgan fingerprint density at radius 3 is 2.48 bits per heavy atom. The molecular formula is C18H26FNO3. The molecule has 1 N–H and O–H groups in total. The summed E-state index contributed by atoms with van der Waals surface area (Å²) in [6.45, 7) is 4.22. The maximum absolute atomic E-state index is 14.3. The Morgan fingerprint density at radius 2 is 1.91 bits per heavy atom. The van der Waals surface area contributed by atoms with Crippen LogP contribution in [0.4, 0.5) is 4.39 Å². The molecule has 1 aromatic rings. The maximum Gasteiger partial charge on any atom is 0.163 e. The lowest BCUT2D eigenvalue weighted by atomic mass is 9.78. The molecule has 2 aliphatic rings. The number of nitrogens with zero attached hydrogens (tertiary/aromatic N) is 1. The lowest BCUT2D eigenvalue weighted by molar-refractivity contribution is -0.0834. The maximum atomic E-state index is 14.3. The van der Waals surface area contributed by atoms with Crippen molar-refractivity contribution in [2.45, 2.75) is 38.3 Å². The minimum Gasteiger partial charge on any atom is -0.493 e. The van der Waals surface area contributed by atoms with Crippen LogP contribution in [0, 0.1) is 17.7 Å². The summed E-state index contributed by atoms with van der Waals surface area (Å²) in [6.07, 6.45) is 3.06. The predicted octanol–water partition coefficient (Wildman–Crippen LogP) is 2.83. The number of hydrogen-bond donors (Lipinski definition) is 1. The van der Waals surface area contributed by atoms with Crippen LogP contribution in [0.15, 0.2) is 12.1 Å². The van der Waals surface area contributed by atoms with E-state index in [1.165, 1.54) is 13.2 Å². The van der Waals surface area contributed by atoms with E-state index in [2.05, 4.69) is 11.8 Å². The molecule has 4 nitrogen and oxygen atoms in total. The lowest BCUT2D eigenvalue weighted by Gasteiger charge is -2.43. The zero-order chi connectivity index (χ0) is 16.6. The van der Waals surface area contributed by atoms with Crippen LogP contribution in [0.3, 0.4) is 0 Å². The predicted molar refractivity (Wildman–Crippen MR) is 86.2 cm³/mol. The van der Waals surface area contributed by atoms with Crippen molar-refractivity contribution < 1.29 is 19.0 Å². The van der Waals surface area contributed by atoms with Gasteiger partial charge < -0.3 is 14.6 Å². The van der Waals surface area contributed by atoms with Gasteiger partial charge in [0.25, 0.3) is 0 Å². The second-order valence-corrected chi connectivity index (χ2v) is 6.95. The van der Waals surface area contributed by atoms with Crippen molar-refractivity contribution >= 4 is 0 Å². The molecule has 0 spiro atoms. The molecular weight excluding hydrogens is 297 g/mol. The minimum absolute atomic E-state index is 0.215. The number of rotatable bonds is 5. The van der Waals surface area contributed by atoms with Gasteiger partial charge in [-0.1, -0.05) is 6.92 Å². The van der Waals surface area contributed by atoms with Crippen molar-refractivity contribution in [1.82, 2.24) is 4.90 Å². The normalized spacial score (nSPS) is 28.7. The number of ether oxygens (including phenoxy) is 2. The first-order chi connectivity index (χ1) is 11.0. The standard InChI is InChI=1S/C18H26FNO3/c1-12-10-20(7-6-18(12,21)14-4-5-14)11-13-8-16(22-2)17(23-3)9-15(13)19/h8-9,12,14,21H,4-7,10-11H2,1-3H3/t12-,18+/m1/s1. The summed E-state index contributed by atoms with van der Waals surface area (Å²) in [4.78, 5) is 2.21. The first-order valence-electron chi connectivity index (χ1n) is 8.33. The Balaban J connectivity index is 1.70. The quantitative estimate of drug-likeness (QED) is 0.905. The van der Waals surface area contributed by atoms with Gasteiger partial charge in [-0.3, -0.25) is 4.90 Å². The fraction of sp³-hybridized carbons (Fsp3) is 0.667. The highest BCUT2D eigenvalue weighted by molar-refractivity contribution is 5.43. The molecule has 1 saturated carbocycles. The fourth-order valence-corrected chi connectivity index (χ4v) is 3.81. The van der Waals surface area contributed by atoms with Gasteiger partial charge in [-0.05, 0) is 37.2 Å². The Hall–Kier alpha value is -1.33. The molecule has 1 saturated heterocycles. The Kier molecular flexibility index (Phi) is 4.52. The number of hydrogen-bond acceptors (Lipinski definition) is 4. The number of methoxy groups -OCH3 is 2. The van der Waals surface area contributed by atoms with Crippen LogP contribution in [-0.2, 0) is 6.54 Å². The average Bonchev–Trinajstić information content (AvgIpc) is 3.37. The van der Waals surface area contributed by atoms with Crippen LogP contribution in [-0.4, -0.2) is 42.9 Å². The molecule has 0 radical (unpaired) electrons. The van der Waals surface area contributed by atoms with Gasteiger partial charge in [-0.2, -0.15) is 0 Å². The van der Waals surface area contributed by atoms with Gasteiger partial charge in [0.05, 0.1) is 19.8 Å². The third-order valence-corrected chi connectivity index (χ3v) is 5.44. The van der Waals surface area contributed by atoms with Crippen molar-refractivity contribution in [3.05, 3.63) is 23.5 Å². The van der Waals surface area contributed by atoms with Crippen LogP contribution in [0.1, 0.15) is 31.7 Å². The first-order valence-corrected chi connectivity index (χ1v) is 8.33. The molecule has 0 aromatic heterocycles. The van der Waals surface area contributed by atoms with Gasteiger partial charge in [-0.15, -0.1) is 0 Å². The highest BCUT2D eigenvalue weighted by Crippen LogP contribution is 2.47. The van der Waals surface area contributed by atoms with E-state index in [-0.39, 0.29) is 11.7 Å². The molecule has 128 valence electrons. The van der Waals surface area contributed by atoms with Crippen LogP contribution in [0.25, 0.3) is 0 Å². The van der Waals surface area contributed by atoms with Crippen molar-refractivity contribution in [3.8, 4) is 11.5 Å². The number of piperidine rings is 1. The van der Waals surface area contributed by atoms with Crippen molar-refractivity contribution in [2.75, 3.05) is 27.3 Å². The Morgan fingerprint density at radius 1 is 1.26 bits per heavy atom. The topological polar surface area (TPSA) is 41.9 Å². The smallest absolute Gasteiger partial charge is 0.163 e.